The van der Waals surface area contributed by atoms with Gasteiger partial charge in [-0.05, 0) is 54.0 Å². The van der Waals surface area contributed by atoms with Crippen LogP contribution in [-0.2, 0) is 4.74 Å². The van der Waals surface area contributed by atoms with E-state index in [9.17, 15) is 0 Å². The Bertz CT molecular complexity index is 310. The van der Waals surface area contributed by atoms with Gasteiger partial charge in [-0.15, -0.1) is 0 Å². The van der Waals surface area contributed by atoms with Gasteiger partial charge in [0.2, 0.25) is 0 Å². The molecule has 2 rings (SSSR count). The SMILES string of the molecule is Ic1ccccc1NCC1CCCCO1. The lowest BCUT2D eigenvalue weighted by Crippen LogP contribution is -2.27. The second-order valence-electron chi connectivity index (χ2n) is 3.85. The summed E-state index contributed by atoms with van der Waals surface area (Å²) in [5, 5.41) is 3.45. The molecule has 1 aliphatic rings. The lowest BCUT2D eigenvalue weighted by atomic mass is 10.1. The number of benzene rings is 1. The summed E-state index contributed by atoms with van der Waals surface area (Å²) in [6.07, 6.45) is 4.11. The fraction of sp³-hybridized carbons (Fsp3) is 0.500. The van der Waals surface area contributed by atoms with E-state index in [0.29, 0.717) is 6.10 Å². The van der Waals surface area contributed by atoms with Crippen molar-refractivity contribution in [3.8, 4) is 0 Å². The third-order valence-corrected chi connectivity index (χ3v) is 3.61. The number of halogens is 1. The van der Waals surface area contributed by atoms with Gasteiger partial charge >= 0.3 is 0 Å². The van der Waals surface area contributed by atoms with Crippen LogP contribution in [0.3, 0.4) is 0 Å². The van der Waals surface area contributed by atoms with Crippen LogP contribution in [0, 0.1) is 3.57 Å². The number of rotatable bonds is 3. The molecule has 0 bridgehead atoms. The minimum Gasteiger partial charge on any atom is -0.382 e. The van der Waals surface area contributed by atoms with Crippen molar-refractivity contribution in [3.63, 3.8) is 0 Å². The molecule has 1 N–H and O–H groups in total. The minimum atomic E-state index is 0.398. The molecule has 82 valence electrons. The van der Waals surface area contributed by atoms with Gasteiger partial charge in [-0.1, -0.05) is 12.1 Å². The van der Waals surface area contributed by atoms with Gasteiger partial charge in [-0.2, -0.15) is 0 Å². The Balaban J connectivity index is 1.84. The fourth-order valence-corrected chi connectivity index (χ4v) is 2.37. The highest BCUT2D eigenvalue weighted by Gasteiger charge is 2.13. The van der Waals surface area contributed by atoms with Gasteiger partial charge in [-0.3, -0.25) is 0 Å². The largest absolute Gasteiger partial charge is 0.382 e. The molecule has 1 unspecified atom stereocenters. The zero-order chi connectivity index (χ0) is 10.5. The molecule has 0 amide bonds. The minimum absolute atomic E-state index is 0.398. The molecule has 0 spiro atoms. The molecule has 0 radical (unpaired) electrons. The third-order valence-electron chi connectivity index (χ3n) is 2.67. The van der Waals surface area contributed by atoms with Crippen molar-refractivity contribution in [1.82, 2.24) is 0 Å². The zero-order valence-electron chi connectivity index (χ0n) is 8.71. The van der Waals surface area contributed by atoms with Crippen molar-refractivity contribution < 1.29 is 4.74 Å². The quantitative estimate of drug-likeness (QED) is 0.864. The summed E-state index contributed by atoms with van der Waals surface area (Å²) in [6, 6.07) is 8.35. The lowest BCUT2D eigenvalue weighted by molar-refractivity contribution is 0.0247. The molecule has 1 aromatic rings. The molecule has 15 heavy (non-hydrogen) atoms. The standard InChI is InChI=1S/C12H16INO/c13-11-6-1-2-7-12(11)14-9-10-5-3-4-8-15-10/h1-2,6-7,10,14H,3-5,8-9H2. The molecular formula is C12H16INO. The first-order valence-corrected chi connectivity index (χ1v) is 6.54. The highest BCUT2D eigenvalue weighted by atomic mass is 127. The summed E-state index contributed by atoms with van der Waals surface area (Å²) in [5.74, 6) is 0. The maximum Gasteiger partial charge on any atom is 0.0747 e. The van der Waals surface area contributed by atoms with Gasteiger partial charge < -0.3 is 10.1 Å². The van der Waals surface area contributed by atoms with Crippen molar-refractivity contribution in [1.29, 1.82) is 0 Å². The van der Waals surface area contributed by atoms with E-state index in [1.165, 1.54) is 28.5 Å². The summed E-state index contributed by atoms with van der Waals surface area (Å²) in [7, 11) is 0. The van der Waals surface area contributed by atoms with Crippen LogP contribution in [0.15, 0.2) is 24.3 Å². The van der Waals surface area contributed by atoms with Crippen LogP contribution in [0.1, 0.15) is 19.3 Å². The molecule has 2 nitrogen and oxygen atoms in total. The van der Waals surface area contributed by atoms with E-state index in [-0.39, 0.29) is 0 Å². The highest BCUT2D eigenvalue weighted by molar-refractivity contribution is 14.1. The van der Waals surface area contributed by atoms with Crippen LogP contribution in [0.25, 0.3) is 0 Å². The average Bonchev–Trinajstić information content (AvgIpc) is 2.29. The predicted octanol–water partition coefficient (Wildman–Crippen LogP) is 3.27. The van der Waals surface area contributed by atoms with Crippen LogP contribution >= 0.6 is 22.6 Å². The molecule has 0 saturated carbocycles. The van der Waals surface area contributed by atoms with E-state index in [2.05, 4.69) is 52.2 Å². The highest BCUT2D eigenvalue weighted by Crippen LogP contribution is 2.18. The number of hydrogen-bond donors (Lipinski definition) is 1. The van der Waals surface area contributed by atoms with E-state index >= 15 is 0 Å². The predicted molar refractivity (Wildman–Crippen MR) is 71.2 cm³/mol. The second-order valence-corrected chi connectivity index (χ2v) is 5.01. The summed E-state index contributed by atoms with van der Waals surface area (Å²) in [5.41, 5.74) is 1.22. The van der Waals surface area contributed by atoms with Crippen LogP contribution in [0.4, 0.5) is 5.69 Å². The van der Waals surface area contributed by atoms with E-state index in [1.807, 2.05) is 0 Å². The summed E-state index contributed by atoms with van der Waals surface area (Å²) in [6.45, 7) is 1.86. The van der Waals surface area contributed by atoms with Crippen molar-refractivity contribution >= 4 is 28.3 Å². The molecular weight excluding hydrogens is 301 g/mol. The number of anilines is 1. The van der Waals surface area contributed by atoms with Gasteiger partial charge in [-0.25, -0.2) is 0 Å². The molecule has 1 aliphatic heterocycles. The van der Waals surface area contributed by atoms with Gasteiger partial charge in [0.1, 0.15) is 0 Å². The average molecular weight is 317 g/mol. The maximum atomic E-state index is 5.67. The molecule has 1 fully saturated rings. The molecule has 1 heterocycles. The topological polar surface area (TPSA) is 21.3 Å². The second kappa shape index (κ2) is 5.70. The van der Waals surface area contributed by atoms with Crippen LogP contribution in [0.5, 0.6) is 0 Å². The normalized spacial score (nSPS) is 21.3. The zero-order valence-corrected chi connectivity index (χ0v) is 10.9. The van der Waals surface area contributed by atoms with Crippen molar-refractivity contribution in [2.24, 2.45) is 0 Å². The first-order valence-electron chi connectivity index (χ1n) is 5.46. The monoisotopic (exact) mass is 317 g/mol. The van der Waals surface area contributed by atoms with Crippen molar-refractivity contribution in [3.05, 3.63) is 27.8 Å². The molecule has 3 heteroatoms. The van der Waals surface area contributed by atoms with E-state index < -0.39 is 0 Å². The van der Waals surface area contributed by atoms with E-state index in [0.717, 1.165) is 13.2 Å². The molecule has 0 aliphatic carbocycles. The lowest BCUT2D eigenvalue weighted by Gasteiger charge is -2.23. The first-order chi connectivity index (χ1) is 7.36. The Morgan fingerprint density at radius 2 is 2.20 bits per heavy atom. The molecule has 0 aromatic heterocycles. The van der Waals surface area contributed by atoms with E-state index in [4.69, 9.17) is 4.74 Å². The molecule has 1 atom stereocenters. The Morgan fingerprint density at radius 1 is 1.33 bits per heavy atom. The first kappa shape index (κ1) is 11.2. The molecule has 1 aromatic carbocycles. The Hall–Kier alpha value is -0.290. The van der Waals surface area contributed by atoms with Gasteiger partial charge in [0.15, 0.2) is 0 Å². The summed E-state index contributed by atoms with van der Waals surface area (Å²) < 4.78 is 6.94. The number of hydrogen-bond acceptors (Lipinski definition) is 2. The van der Waals surface area contributed by atoms with Crippen LogP contribution < -0.4 is 5.32 Å². The molecule has 1 saturated heterocycles. The maximum absolute atomic E-state index is 5.67. The summed E-state index contributed by atoms with van der Waals surface area (Å²) >= 11 is 2.35. The fourth-order valence-electron chi connectivity index (χ4n) is 1.80. The van der Waals surface area contributed by atoms with Gasteiger partial charge in [0, 0.05) is 22.4 Å². The smallest absolute Gasteiger partial charge is 0.0747 e. The Labute approximate surface area is 105 Å². The Morgan fingerprint density at radius 3 is 2.93 bits per heavy atom. The van der Waals surface area contributed by atoms with Crippen LogP contribution in [-0.4, -0.2) is 19.3 Å². The number of para-hydroxylation sites is 1. The van der Waals surface area contributed by atoms with Crippen LogP contribution in [0.2, 0.25) is 0 Å². The number of ether oxygens (including phenoxy) is 1. The third kappa shape index (κ3) is 3.34. The van der Waals surface area contributed by atoms with Crippen molar-refractivity contribution in [2.45, 2.75) is 25.4 Å². The van der Waals surface area contributed by atoms with E-state index in [1.54, 1.807) is 0 Å². The summed E-state index contributed by atoms with van der Waals surface area (Å²) in [4.78, 5) is 0. The van der Waals surface area contributed by atoms with Crippen molar-refractivity contribution in [2.75, 3.05) is 18.5 Å². The van der Waals surface area contributed by atoms with Gasteiger partial charge in [0.25, 0.3) is 0 Å². The Kier molecular flexibility index (Phi) is 4.26. The van der Waals surface area contributed by atoms with Gasteiger partial charge in [0.05, 0.1) is 6.10 Å². The number of nitrogens with one attached hydrogen (secondary N) is 1.